The quantitative estimate of drug-likeness (QED) is 0.813. The van der Waals surface area contributed by atoms with Gasteiger partial charge in [0.05, 0.1) is 7.11 Å². The van der Waals surface area contributed by atoms with E-state index in [1.807, 2.05) is 24.3 Å². The van der Waals surface area contributed by atoms with Crippen LogP contribution in [0.5, 0.6) is 5.75 Å². The van der Waals surface area contributed by atoms with Gasteiger partial charge in [-0.1, -0.05) is 19.1 Å². The van der Waals surface area contributed by atoms with Crippen molar-refractivity contribution >= 4 is 18.3 Å². The van der Waals surface area contributed by atoms with E-state index in [-0.39, 0.29) is 30.3 Å². The highest BCUT2D eigenvalue weighted by atomic mass is 35.5. The third-order valence-electron chi connectivity index (χ3n) is 3.95. The van der Waals surface area contributed by atoms with Gasteiger partial charge in [-0.3, -0.25) is 4.79 Å². The summed E-state index contributed by atoms with van der Waals surface area (Å²) in [6.07, 6.45) is 2.86. The number of methoxy groups -OCH3 is 1. The Morgan fingerprint density at radius 3 is 2.76 bits per heavy atom. The van der Waals surface area contributed by atoms with Crippen LogP contribution in [0.25, 0.3) is 0 Å². The molecule has 0 aromatic heterocycles. The lowest BCUT2D eigenvalue weighted by atomic mass is 9.97. The summed E-state index contributed by atoms with van der Waals surface area (Å²) in [5.41, 5.74) is 6.83. The summed E-state index contributed by atoms with van der Waals surface area (Å²) in [7, 11) is 1.65. The Balaban J connectivity index is 0.00000220. The molecule has 1 aliphatic carbocycles. The first-order valence-electron chi connectivity index (χ1n) is 7.27. The van der Waals surface area contributed by atoms with E-state index in [1.54, 1.807) is 7.11 Å². The van der Waals surface area contributed by atoms with Crippen LogP contribution in [0.15, 0.2) is 24.3 Å². The number of rotatable bonds is 7. The predicted molar refractivity (Wildman–Crippen MR) is 87.0 cm³/mol. The lowest BCUT2D eigenvalue weighted by molar-refractivity contribution is -0.122. The molecule has 2 rings (SSSR count). The van der Waals surface area contributed by atoms with Crippen LogP contribution in [-0.2, 0) is 4.79 Å². The Morgan fingerprint density at radius 1 is 1.48 bits per heavy atom. The monoisotopic (exact) mass is 312 g/mol. The van der Waals surface area contributed by atoms with Gasteiger partial charge in [0.25, 0.3) is 0 Å². The van der Waals surface area contributed by atoms with Crippen LogP contribution >= 0.6 is 12.4 Å². The number of hydrogen-bond acceptors (Lipinski definition) is 3. The molecule has 0 radical (unpaired) electrons. The minimum absolute atomic E-state index is 0. The van der Waals surface area contributed by atoms with Gasteiger partial charge >= 0.3 is 0 Å². The molecule has 1 fully saturated rings. The Morgan fingerprint density at radius 2 is 2.19 bits per heavy atom. The van der Waals surface area contributed by atoms with Crippen molar-refractivity contribution in [1.29, 1.82) is 0 Å². The van der Waals surface area contributed by atoms with Gasteiger partial charge in [0.1, 0.15) is 5.75 Å². The molecule has 0 aliphatic heterocycles. The van der Waals surface area contributed by atoms with Gasteiger partial charge in [0, 0.05) is 19.0 Å². The van der Waals surface area contributed by atoms with Crippen molar-refractivity contribution in [3.05, 3.63) is 29.8 Å². The van der Waals surface area contributed by atoms with Crippen LogP contribution in [0.4, 0.5) is 0 Å². The molecule has 1 amide bonds. The molecule has 0 bridgehead atoms. The number of amides is 1. The third kappa shape index (κ3) is 5.21. The summed E-state index contributed by atoms with van der Waals surface area (Å²) in [5.74, 6) is 1.68. The molecule has 4 nitrogen and oxygen atoms in total. The van der Waals surface area contributed by atoms with Crippen LogP contribution in [0, 0.1) is 5.92 Å². The minimum Gasteiger partial charge on any atom is -0.497 e. The van der Waals surface area contributed by atoms with Crippen molar-refractivity contribution in [3.63, 3.8) is 0 Å². The first kappa shape index (κ1) is 17.8. The Kier molecular flexibility index (Phi) is 6.99. The Hall–Kier alpha value is -1.26. The zero-order valence-electron chi connectivity index (χ0n) is 12.7. The van der Waals surface area contributed by atoms with E-state index in [0.717, 1.165) is 11.3 Å². The van der Waals surface area contributed by atoms with Crippen molar-refractivity contribution in [2.24, 2.45) is 11.7 Å². The molecule has 5 heteroatoms. The second-order valence-electron chi connectivity index (χ2n) is 5.63. The molecule has 1 saturated carbocycles. The molecule has 2 atom stereocenters. The van der Waals surface area contributed by atoms with Crippen LogP contribution in [0.2, 0.25) is 0 Å². The summed E-state index contributed by atoms with van der Waals surface area (Å²) in [6, 6.07) is 8.03. The van der Waals surface area contributed by atoms with Gasteiger partial charge in [-0.05, 0) is 42.4 Å². The molecular formula is C16H25ClN2O2. The summed E-state index contributed by atoms with van der Waals surface area (Å²) in [5, 5.41) is 3.06. The fraction of sp³-hybridized carbons (Fsp3) is 0.562. The first-order chi connectivity index (χ1) is 9.63. The number of carbonyl (C=O) groups excluding carboxylic acids is 1. The van der Waals surface area contributed by atoms with E-state index >= 15 is 0 Å². The molecule has 0 heterocycles. The van der Waals surface area contributed by atoms with Gasteiger partial charge in [0.2, 0.25) is 5.91 Å². The standard InChI is InChI=1S/C16H24N2O2.ClH/c1-11(13-4-3-5-14(9-13)20-2)8-16(19)18-15(10-17)12-6-7-12;/h3-5,9,11-12,15H,6-8,10,17H2,1-2H3,(H,18,19);1H. The molecular weight excluding hydrogens is 288 g/mol. The lowest BCUT2D eigenvalue weighted by Crippen LogP contribution is -2.42. The van der Waals surface area contributed by atoms with E-state index in [2.05, 4.69) is 12.2 Å². The molecule has 1 aliphatic rings. The molecule has 1 aromatic carbocycles. The van der Waals surface area contributed by atoms with E-state index in [4.69, 9.17) is 10.5 Å². The Bertz CT molecular complexity index is 463. The number of nitrogens with two attached hydrogens (primary N) is 1. The van der Waals surface area contributed by atoms with Crippen molar-refractivity contribution in [3.8, 4) is 5.75 Å². The maximum Gasteiger partial charge on any atom is 0.220 e. The molecule has 2 unspecified atom stereocenters. The van der Waals surface area contributed by atoms with Crippen LogP contribution < -0.4 is 15.8 Å². The lowest BCUT2D eigenvalue weighted by Gasteiger charge is -2.18. The van der Waals surface area contributed by atoms with Crippen LogP contribution in [0.1, 0.15) is 37.7 Å². The van der Waals surface area contributed by atoms with Crippen molar-refractivity contribution < 1.29 is 9.53 Å². The zero-order valence-corrected chi connectivity index (χ0v) is 13.5. The summed E-state index contributed by atoms with van der Waals surface area (Å²) >= 11 is 0. The van der Waals surface area contributed by atoms with Crippen molar-refractivity contribution in [1.82, 2.24) is 5.32 Å². The number of nitrogens with one attached hydrogen (secondary N) is 1. The molecule has 0 saturated heterocycles. The third-order valence-corrected chi connectivity index (χ3v) is 3.95. The summed E-state index contributed by atoms with van der Waals surface area (Å²) < 4.78 is 5.21. The van der Waals surface area contributed by atoms with Gasteiger partial charge in [-0.15, -0.1) is 12.4 Å². The molecule has 1 aromatic rings. The summed E-state index contributed by atoms with van der Waals surface area (Å²) in [6.45, 7) is 2.59. The van der Waals surface area contributed by atoms with Crippen LogP contribution in [-0.4, -0.2) is 25.6 Å². The maximum atomic E-state index is 12.1. The highest BCUT2D eigenvalue weighted by Gasteiger charge is 2.31. The van der Waals surface area contributed by atoms with E-state index < -0.39 is 0 Å². The SMILES string of the molecule is COc1cccc(C(C)CC(=O)NC(CN)C2CC2)c1.Cl. The second-order valence-corrected chi connectivity index (χ2v) is 5.63. The molecule has 21 heavy (non-hydrogen) atoms. The van der Waals surface area contributed by atoms with Gasteiger partial charge in [-0.25, -0.2) is 0 Å². The molecule has 0 spiro atoms. The van der Waals surface area contributed by atoms with Crippen LogP contribution in [0.3, 0.4) is 0 Å². The number of benzene rings is 1. The number of hydrogen-bond donors (Lipinski definition) is 2. The van der Waals surface area contributed by atoms with Crippen molar-refractivity contribution in [2.45, 2.75) is 38.1 Å². The molecule has 118 valence electrons. The highest BCUT2D eigenvalue weighted by molar-refractivity contribution is 5.85. The summed E-state index contributed by atoms with van der Waals surface area (Å²) in [4.78, 5) is 12.1. The zero-order chi connectivity index (χ0) is 14.5. The average molecular weight is 313 g/mol. The van der Waals surface area contributed by atoms with Gasteiger partial charge < -0.3 is 15.8 Å². The van der Waals surface area contributed by atoms with E-state index in [0.29, 0.717) is 18.9 Å². The highest BCUT2D eigenvalue weighted by Crippen LogP contribution is 2.32. The minimum atomic E-state index is 0. The van der Waals surface area contributed by atoms with E-state index in [1.165, 1.54) is 12.8 Å². The topological polar surface area (TPSA) is 64.3 Å². The fourth-order valence-electron chi connectivity index (χ4n) is 2.48. The number of carbonyl (C=O) groups is 1. The first-order valence-corrected chi connectivity index (χ1v) is 7.27. The average Bonchev–Trinajstić information content (AvgIpc) is 3.29. The van der Waals surface area contributed by atoms with E-state index in [9.17, 15) is 4.79 Å². The smallest absolute Gasteiger partial charge is 0.220 e. The fourth-order valence-corrected chi connectivity index (χ4v) is 2.48. The predicted octanol–water partition coefficient (Wildman–Crippen LogP) is 2.46. The second kappa shape index (κ2) is 8.25. The van der Waals surface area contributed by atoms with Crippen molar-refractivity contribution in [2.75, 3.05) is 13.7 Å². The maximum absolute atomic E-state index is 12.1. The Labute approximate surface area is 132 Å². The number of ether oxygens (including phenoxy) is 1. The normalized spacial score (nSPS) is 16.5. The number of halogens is 1. The van der Waals surface area contributed by atoms with Gasteiger partial charge in [0.15, 0.2) is 0 Å². The van der Waals surface area contributed by atoms with Gasteiger partial charge in [-0.2, -0.15) is 0 Å². The molecule has 3 N–H and O–H groups in total. The largest absolute Gasteiger partial charge is 0.497 e.